The molecule has 1 saturated heterocycles. The number of imidazole rings is 1. The number of piperazine rings is 1. The van der Waals surface area contributed by atoms with Gasteiger partial charge in [0.15, 0.2) is 0 Å². The zero-order valence-electron chi connectivity index (χ0n) is 12.3. The topological polar surface area (TPSA) is 84.3 Å². The van der Waals surface area contributed by atoms with Crippen molar-refractivity contribution in [3.63, 3.8) is 0 Å². The highest BCUT2D eigenvalue weighted by Gasteiger charge is 2.34. The number of carbonyl (C=O) groups is 3. The van der Waals surface area contributed by atoms with Crippen LogP contribution in [0.5, 0.6) is 0 Å². The number of nitrogens with one attached hydrogen (secondary N) is 1. The number of imide groups is 1. The van der Waals surface area contributed by atoms with Crippen molar-refractivity contribution in [1.29, 1.82) is 0 Å². The molecule has 3 amide bonds. The fourth-order valence-electron chi connectivity index (χ4n) is 2.51. The molecule has 2 unspecified atom stereocenters. The Balaban J connectivity index is 2.07. The van der Waals surface area contributed by atoms with Crippen LogP contribution in [0.4, 0.5) is 0 Å². The third kappa shape index (κ3) is 3.48. The lowest BCUT2D eigenvalue weighted by Crippen LogP contribution is -2.58. The van der Waals surface area contributed by atoms with E-state index in [1.807, 2.05) is 10.8 Å². The Bertz CT molecular complexity index is 526. The number of nitrogens with zero attached hydrogens (tertiary/aromatic N) is 3. The smallest absolute Gasteiger partial charge is 0.249 e. The van der Waals surface area contributed by atoms with Gasteiger partial charge in [-0.05, 0) is 13.3 Å². The fourth-order valence-corrected chi connectivity index (χ4v) is 2.51. The van der Waals surface area contributed by atoms with Gasteiger partial charge < -0.3 is 9.47 Å². The second-order valence-corrected chi connectivity index (χ2v) is 5.27. The predicted octanol–water partition coefficient (Wildman–Crippen LogP) is 0.488. The van der Waals surface area contributed by atoms with Gasteiger partial charge in [-0.3, -0.25) is 19.7 Å². The summed E-state index contributed by atoms with van der Waals surface area (Å²) >= 11 is 0. The Morgan fingerprint density at radius 1 is 1.52 bits per heavy atom. The van der Waals surface area contributed by atoms with Crippen LogP contribution in [0.3, 0.4) is 0 Å². The van der Waals surface area contributed by atoms with E-state index in [9.17, 15) is 14.4 Å². The maximum absolute atomic E-state index is 12.4. The first-order valence-corrected chi connectivity index (χ1v) is 7.13. The van der Waals surface area contributed by atoms with Crippen LogP contribution >= 0.6 is 0 Å². The van der Waals surface area contributed by atoms with Crippen LogP contribution < -0.4 is 5.32 Å². The summed E-state index contributed by atoms with van der Waals surface area (Å²) in [7, 11) is 0. The van der Waals surface area contributed by atoms with Gasteiger partial charge in [-0.1, -0.05) is 13.3 Å². The van der Waals surface area contributed by atoms with Crippen LogP contribution in [0, 0.1) is 0 Å². The van der Waals surface area contributed by atoms with Crippen LogP contribution in [0.15, 0.2) is 18.7 Å². The summed E-state index contributed by atoms with van der Waals surface area (Å²) in [4.78, 5) is 40.8. The monoisotopic (exact) mass is 292 g/mol. The Morgan fingerprint density at radius 3 is 2.90 bits per heavy atom. The summed E-state index contributed by atoms with van der Waals surface area (Å²) in [6.07, 6.45) is 7.22. The molecule has 1 aromatic heterocycles. The standard InChI is InChI=1S/C14H20N4O3/c1-3-4-11(17-6-5-15-9-17)7-13(20)18-8-12(19)16-14(21)10(18)2/h5-6,9-11H,3-4,7-8H2,1-2H3,(H,16,19,21). The molecule has 1 aromatic rings. The SMILES string of the molecule is CCCC(CC(=O)N1CC(=O)NC(=O)C1C)n1ccnc1. The van der Waals surface area contributed by atoms with Crippen LogP contribution in [0.1, 0.15) is 39.2 Å². The molecule has 21 heavy (non-hydrogen) atoms. The van der Waals surface area contributed by atoms with E-state index in [1.165, 1.54) is 4.90 Å². The molecule has 1 aliphatic heterocycles. The highest BCUT2D eigenvalue weighted by molar-refractivity contribution is 6.04. The molecule has 1 fully saturated rings. The van der Waals surface area contributed by atoms with E-state index in [1.54, 1.807) is 19.4 Å². The molecule has 0 bridgehead atoms. The highest BCUT2D eigenvalue weighted by Crippen LogP contribution is 2.20. The summed E-state index contributed by atoms with van der Waals surface area (Å²) in [5.74, 6) is -1.03. The number of aromatic nitrogens is 2. The first-order chi connectivity index (χ1) is 10.0. The highest BCUT2D eigenvalue weighted by atomic mass is 16.2. The zero-order valence-corrected chi connectivity index (χ0v) is 12.3. The van der Waals surface area contributed by atoms with Crippen molar-refractivity contribution < 1.29 is 14.4 Å². The summed E-state index contributed by atoms with van der Waals surface area (Å²) in [5, 5.41) is 2.23. The molecule has 0 spiro atoms. The maximum Gasteiger partial charge on any atom is 0.249 e. The normalized spacial score (nSPS) is 20.3. The van der Waals surface area contributed by atoms with Gasteiger partial charge in [-0.2, -0.15) is 0 Å². The molecule has 1 aliphatic rings. The largest absolute Gasteiger partial charge is 0.334 e. The minimum absolute atomic E-state index is 0.00251. The van der Waals surface area contributed by atoms with Crippen molar-refractivity contribution in [2.45, 2.75) is 45.2 Å². The van der Waals surface area contributed by atoms with E-state index in [0.29, 0.717) is 0 Å². The van der Waals surface area contributed by atoms with Gasteiger partial charge in [0.2, 0.25) is 17.7 Å². The third-order valence-corrected chi connectivity index (χ3v) is 3.72. The summed E-state index contributed by atoms with van der Waals surface area (Å²) in [6.45, 7) is 3.62. The average Bonchev–Trinajstić information content (AvgIpc) is 2.96. The van der Waals surface area contributed by atoms with Gasteiger partial charge in [0, 0.05) is 24.9 Å². The van der Waals surface area contributed by atoms with Gasteiger partial charge in [-0.15, -0.1) is 0 Å². The van der Waals surface area contributed by atoms with Crippen molar-refractivity contribution in [2.24, 2.45) is 0 Å². The van der Waals surface area contributed by atoms with E-state index < -0.39 is 17.9 Å². The molecule has 2 heterocycles. The van der Waals surface area contributed by atoms with Crippen molar-refractivity contribution in [1.82, 2.24) is 19.8 Å². The zero-order chi connectivity index (χ0) is 15.4. The minimum Gasteiger partial charge on any atom is -0.334 e. The molecule has 114 valence electrons. The van der Waals surface area contributed by atoms with Gasteiger partial charge in [-0.25, -0.2) is 4.98 Å². The Hall–Kier alpha value is -2.18. The third-order valence-electron chi connectivity index (χ3n) is 3.72. The van der Waals surface area contributed by atoms with Crippen LogP contribution in [0.2, 0.25) is 0 Å². The van der Waals surface area contributed by atoms with Crippen molar-refractivity contribution in [3.8, 4) is 0 Å². The van der Waals surface area contributed by atoms with Crippen molar-refractivity contribution in [2.75, 3.05) is 6.54 Å². The average molecular weight is 292 g/mol. The number of amides is 3. The Kier molecular flexibility index (Phi) is 4.72. The van der Waals surface area contributed by atoms with E-state index in [4.69, 9.17) is 0 Å². The van der Waals surface area contributed by atoms with Crippen molar-refractivity contribution in [3.05, 3.63) is 18.7 Å². The van der Waals surface area contributed by atoms with E-state index in [-0.39, 0.29) is 24.9 Å². The van der Waals surface area contributed by atoms with Gasteiger partial charge in [0.1, 0.15) is 12.6 Å². The van der Waals surface area contributed by atoms with Crippen LogP contribution in [-0.4, -0.2) is 44.8 Å². The van der Waals surface area contributed by atoms with Crippen molar-refractivity contribution >= 4 is 17.7 Å². The molecule has 0 saturated carbocycles. The quantitative estimate of drug-likeness (QED) is 0.800. The van der Waals surface area contributed by atoms with Crippen LogP contribution in [-0.2, 0) is 14.4 Å². The number of rotatable bonds is 5. The van der Waals surface area contributed by atoms with Gasteiger partial charge >= 0.3 is 0 Å². The molecular weight excluding hydrogens is 272 g/mol. The molecule has 0 aromatic carbocycles. The summed E-state index contributed by atoms with van der Waals surface area (Å²) in [6, 6.07) is -0.613. The number of carbonyl (C=O) groups excluding carboxylic acids is 3. The second-order valence-electron chi connectivity index (χ2n) is 5.27. The summed E-state index contributed by atoms with van der Waals surface area (Å²) < 4.78 is 1.90. The maximum atomic E-state index is 12.4. The Labute approximate surface area is 123 Å². The Morgan fingerprint density at radius 2 is 2.29 bits per heavy atom. The van der Waals surface area contributed by atoms with E-state index in [2.05, 4.69) is 17.2 Å². The lowest BCUT2D eigenvalue weighted by atomic mass is 10.1. The van der Waals surface area contributed by atoms with E-state index in [0.717, 1.165) is 12.8 Å². The number of hydrogen-bond acceptors (Lipinski definition) is 4. The molecule has 0 aliphatic carbocycles. The van der Waals surface area contributed by atoms with Gasteiger partial charge in [0.05, 0.1) is 6.33 Å². The molecule has 0 radical (unpaired) electrons. The van der Waals surface area contributed by atoms with Gasteiger partial charge in [0.25, 0.3) is 0 Å². The lowest BCUT2D eigenvalue weighted by Gasteiger charge is -2.32. The first kappa shape index (κ1) is 15.2. The molecule has 2 rings (SSSR count). The lowest BCUT2D eigenvalue weighted by molar-refractivity contribution is -0.149. The summed E-state index contributed by atoms with van der Waals surface area (Å²) in [5.41, 5.74) is 0. The molecule has 1 N–H and O–H groups in total. The van der Waals surface area contributed by atoms with E-state index >= 15 is 0 Å². The molecule has 7 nitrogen and oxygen atoms in total. The predicted molar refractivity (Wildman–Crippen MR) is 75.1 cm³/mol. The second kappa shape index (κ2) is 6.51. The minimum atomic E-state index is -0.611. The van der Waals surface area contributed by atoms with Crippen LogP contribution in [0.25, 0.3) is 0 Å². The molecule has 2 atom stereocenters. The number of hydrogen-bond donors (Lipinski definition) is 1. The first-order valence-electron chi connectivity index (χ1n) is 7.13. The molecular formula is C14H20N4O3. The molecule has 7 heteroatoms. The fraction of sp³-hybridized carbons (Fsp3) is 0.571.